The summed E-state index contributed by atoms with van der Waals surface area (Å²) < 4.78 is 45.4. The van der Waals surface area contributed by atoms with Crippen LogP contribution in [0, 0.1) is 0 Å². The van der Waals surface area contributed by atoms with Crippen molar-refractivity contribution in [2.45, 2.75) is 12.8 Å². The summed E-state index contributed by atoms with van der Waals surface area (Å²) in [4.78, 5) is 7.59. The smallest absolute Gasteiger partial charge is 0.439 e. The topological polar surface area (TPSA) is 34.0 Å². The normalized spacial score (nSPS) is 20.9. The largest absolute Gasteiger partial charge is 0.489 e. The molecule has 1 atom stereocenters. The second-order valence-electron chi connectivity index (χ2n) is 6.18. The average Bonchev–Trinajstić information content (AvgIpc) is 3.01. The van der Waals surface area contributed by atoms with Crippen LogP contribution < -0.4 is 4.74 Å². The van der Waals surface area contributed by atoms with Crippen molar-refractivity contribution < 1.29 is 21.9 Å². The van der Waals surface area contributed by atoms with Crippen molar-refractivity contribution in [3.63, 3.8) is 0 Å². The summed E-state index contributed by atoms with van der Waals surface area (Å²) in [7, 11) is 0. The van der Waals surface area contributed by atoms with Crippen LogP contribution in [0.25, 0.3) is 0 Å². The zero-order chi connectivity index (χ0) is 19.8. The number of aliphatic imine (C=N–C) groups is 2. The summed E-state index contributed by atoms with van der Waals surface area (Å²) in [6.45, 7) is 0.335. The van der Waals surface area contributed by atoms with Crippen LogP contribution in [0.3, 0.4) is 0 Å². The molecule has 0 amide bonds. The highest BCUT2D eigenvalue weighted by Crippen LogP contribution is 2.43. The highest BCUT2D eigenvalue weighted by molar-refractivity contribution is 6.20. The first-order valence-electron chi connectivity index (χ1n) is 8.36. The molecule has 2 aromatic carbocycles. The molecule has 0 fully saturated rings. The van der Waals surface area contributed by atoms with Gasteiger partial charge in [0, 0.05) is 0 Å². The molecule has 0 saturated heterocycles. The second kappa shape index (κ2) is 6.92. The highest BCUT2D eigenvalue weighted by atomic mass is 35.5. The maximum absolute atomic E-state index is 13.4. The molecule has 8 heteroatoms. The molecule has 0 aromatic heterocycles. The fourth-order valence-corrected chi connectivity index (χ4v) is 3.28. The van der Waals surface area contributed by atoms with Crippen molar-refractivity contribution >= 4 is 23.8 Å². The molecule has 142 valence electrons. The van der Waals surface area contributed by atoms with Crippen molar-refractivity contribution in [3.05, 3.63) is 89.5 Å². The lowest BCUT2D eigenvalue weighted by atomic mass is 10.1. The number of nitrogens with zero attached hydrogens (tertiary/aromatic N) is 3. The molecule has 0 saturated carbocycles. The van der Waals surface area contributed by atoms with E-state index in [2.05, 4.69) is 9.98 Å². The van der Waals surface area contributed by atoms with E-state index < -0.39 is 15.9 Å². The third-order valence-corrected chi connectivity index (χ3v) is 4.74. The first-order chi connectivity index (χ1) is 13.4. The molecule has 0 bridgehead atoms. The number of rotatable bonds is 4. The van der Waals surface area contributed by atoms with Crippen LogP contribution in [0.1, 0.15) is 11.1 Å². The van der Waals surface area contributed by atoms with E-state index in [4.69, 9.17) is 16.5 Å². The van der Waals surface area contributed by atoms with Crippen LogP contribution in [0.2, 0.25) is 0 Å². The third kappa shape index (κ3) is 3.34. The number of quaternary nitrogens is 1. The predicted octanol–water partition coefficient (Wildman–Crippen LogP) is 5.33. The predicted molar refractivity (Wildman–Crippen MR) is 101 cm³/mol. The molecule has 2 aliphatic rings. The van der Waals surface area contributed by atoms with Gasteiger partial charge in [0.05, 0.1) is 18.0 Å². The fourth-order valence-electron chi connectivity index (χ4n) is 2.97. The Labute approximate surface area is 164 Å². The van der Waals surface area contributed by atoms with E-state index in [-0.39, 0.29) is 11.5 Å². The Morgan fingerprint density at radius 1 is 1.04 bits per heavy atom. The maximum Gasteiger partial charge on any atom is 0.439 e. The number of allylic oxidation sites excluding steroid dienone is 2. The van der Waals surface area contributed by atoms with Gasteiger partial charge in [0.25, 0.3) is 5.84 Å². The molecule has 28 heavy (non-hydrogen) atoms. The van der Waals surface area contributed by atoms with E-state index >= 15 is 0 Å². The fraction of sp³-hybridized carbons (Fsp3) is 0.100. The molecule has 2 heterocycles. The van der Waals surface area contributed by atoms with Crippen molar-refractivity contribution in [1.29, 1.82) is 0 Å². The molecule has 4 nitrogen and oxygen atoms in total. The number of benzene rings is 2. The van der Waals surface area contributed by atoms with Gasteiger partial charge in [-0.1, -0.05) is 36.4 Å². The SMILES string of the molecule is FC(F)(F)C1=C2C=NC=C[N+]2(Cl)C(c2cccc(OCc3ccccc3)c2)=N1. The van der Waals surface area contributed by atoms with E-state index in [1.165, 1.54) is 12.4 Å². The standard InChI is InChI=1S/C20H14ClF3N3O/c21-27-10-9-25-12-17(27)18(20(22,23)24)26-19(27)15-7-4-8-16(11-15)28-13-14-5-2-1-3-6-14/h1-12H,13H2/q+1. The van der Waals surface area contributed by atoms with Crippen molar-refractivity contribution in [1.82, 2.24) is 0 Å². The summed E-state index contributed by atoms with van der Waals surface area (Å²) in [6, 6.07) is 16.2. The Bertz CT molecular complexity index is 1030. The van der Waals surface area contributed by atoms with Crippen LogP contribution in [-0.2, 0) is 6.61 Å². The molecule has 4 rings (SSSR count). The maximum atomic E-state index is 13.4. The monoisotopic (exact) mass is 404 g/mol. The molecule has 0 aliphatic carbocycles. The Morgan fingerprint density at radius 2 is 1.82 bits per heavy atom. The number of hydrogen-bond acceptors (Lipinski definition) is 3. The summed E-state index contributed by atoms with van der Waals surface area (Å²) in [6.07, 6.45) is -0.858. The van der Waals surface area contributed by atoms with Gasteiger partial charge in [-0.3, -0.25) is 4.99 Å². The highest BCUT2D eigenvalue weighted by Gasteiger charge is 2.53. The molecule has 0 radical (unpaired) electrons. The number of ether oxygens (including phenoxy) is 1. The second-order valence-corrected chi connectivity index (χ2v) is 6.72. The summed E-state index contributed by atoms with van der Waals surface area (Å²) >= 11 is 6.53. The zero-order valence-electron chi connectivity index (χ0n) is 14.4. The van der Waals surface area contributed by atoms with Crippen molar-refractivity contribution in [3.8, 4) is 5.75 Å². The van der Waals surface area contributed by atoms with E-state index in [0.29, 0.717) is 17.9 Å². The third-order valence-electron chi connectivity index (χ3n) is 4.28. The Kier molecular flexibility index (Phi) is 4.56. The number of fused-ring (bicyclic) bond motifs is 1. The summed E-state index contributed by atoms with van der Waals surface area (Å²) in [5, 5.41) is 0. The van der Waals surface area contributed by atoms with Gasteiger partial charge < -0.3 is 4.74 Å². The first-order valence-corrected chi connectivity index (χ1v) is 8.69. The lowest BCUT2D eigenvalue weighted by Crippen LogP contribution is -2.38. The van der Waals surface area contributed by atoms with Gasteiger partial charge >= 0.3 is 6.18 Å². The molecular formula is C20H14ClF3N3O+. The summed E-state index contributed by atoms with van der Waals surface area (Å²) in [5.74, 6) is 0.542. The quantitative estimate of drug-likeness (QED) is 0.634. The van der Waals surface area contributed by atoms with Crippen molar-refractivity contribution in [2.24, 2.45) is 9.98 Å². The van der Waals surface area contributed by atoms with Crippen molar-refractivity contribution in [2.75, 3.05) is 0 Å². The molecule has 2 aromatic rings. The lowest BCUT2D eigenvalue weighted by molar-refractivity contribution is -0.600. The van der Waals surface area contributed by atoms with Gasteiger partial charge in [-0.25, -0.2) is 0 Å². The Balaban J connectivity index is 1.66. The van der Waals surface area contributed by atoms with Crippen LogP contribution in [0.15, 0.2) is 88.4 Å². The Hall–Kier alpha value is -2.90. The van der Waals surface area contributed by atoms with E-state index in [0.717, 1.165) is 11.8 Å². The summed E-state index contributed by atoms with van der Waals surface area (Å²) in [5.41, 5.74) is 0.117. The molecule has 2 aliphatic heterocycles. The first kappa shape index (κ1) is 18.5. The van der Waals surface area contributed by atoms with E-state index in [1.807, 2.05) is 30.3 Å². The van der Waals surface area contributed by atoms with Gasteiger partial charge in [0.15, 0.2) is 11.8 Å². The van der Waals surface area contributed by atoms with Gasteiger partial charge in [-0.05, 0) is 23.8 Å². The minimum atomic E-state index is -4.64. The van der Waals surface area contributed by atoms with E-state index in [9.17, 15) is 13.2 Å². The van der Waals surface area contributed by atoms with Crippen LogP contribution in [0.5, 0.6) is 5.75 Å². The number of amidine groups is 1. The lowest BCUT2D eigenvalue weighted by Gasteiger charge is -2.23. The number of halogens is 4. The molecular weight excluding hydrogens is 391 g/mol. The molecule has 0 N–H and O–H groups in total. The number of alkyl halides is 3. The van der Waals surface area contributed by atoms with Gasteiger partial charge in [-0.15, -0.1) is 4.00 Å². The van der Waals surface area contributed by atoms with Crippen LogP contribution >= 0.6 is 11.8 Å². The van der Waals surface area contributed by atoms with E-state index in [1.54, 1.807) is 24.3 Å². The minimum Gasteiger partial charge on any atom is -0.489 e. The molecule has 1 unspecified atom stereocenters. The van der Waals surface area contributed by atoms with Gasteiger partial charge in [0.2, 0.25) is 11.4 Å². The zero-order valence-corrected chi connectivity index (χ0v) is 15.2. The minimum absolute atomic E-state index is 0.0385. The average molecular weight is 405 g/mol. The van der Waals surface area contributed by atoms with Gasteiger partial charge in [-0.2, -0.15) is 18.2 Å². The van der Waals surface area contributed by atoms with Crippen LogP contribution in [-0.4, -0.2) is 22.2 Å². The van der Waals surface area contributed by atoms with Crippen LogP contribution in [0.4, 0.5) is 13.2 Å². The Morgan fingerprint density at radius 3 is 2.57 bits per heavy atom. The number of hydrogen-bond donors (Lipinski definition) is 0. The molecule has 0 spiro atoms. The van der Waals surface area contributed by atoms with Gasteiger partial charge in [0.1, 0.15) is 18.6 Å².